The van der Waals surface area contributed by atoms with E-state index in [2.05, 4.69) is 5.32 Å². The summed E-state index contributed by atoms with van der Waals surface area (Å²) in [6.45, 7) is 0.839. The lowest BCUT2D eigenvalue weighted by atomic mass is 10.1. The van der Waals surface area contributed by atoms with E-state index < -0.39 is 12.0 Å². The Balaban J connectivity index is 1.89. The summed E-state index contributed by atoms with van der Waals surface area (Å²) in [5.41, 5.74) is 6.26. The van der Waals surface area contributed by atoms with Crippen LogP contribution in [0.5, 0.6) is 5.75 Å². The standard InChI is InChI=1S/C15H20N2O4/c16-12(14(18)19)9-10-4-6-11(7-5-10)21-15(20)13-3-1-2-8-17-13/h4-7,12-13,17H,1-3,8-9,16H2,(H,18,19)/t12-,13?/m0/s1. The molecule has 114 valence electrons. The molecule has 0 radical (unpaired) electrons. The highest BCUT2D eigenvalue weighted by Crippen LogP contribution is 2.16. The van der Waals surface area contributed by atoms with Crippen molar-refractivity contribution in [2.75, 3.05) is 6.54 Å². The van der Waals surface area contributed by atoms with Crippen LogP contribution in [0.25, 0.3) is 0 Å². The summed E-state index contributed by atoms with van der Waals surface area (Å²) in [5, 5.41) is 11.9. The quantitative estimate of drug-likeness (QED) is 0.545. The fraction of sp³-hybridized carbons (Fsp3) is 0.467. The molecule has 0 saturated carbocycles. The molecule has 21 heavy (non-hydrogen) atoms. The van der Waals surface area contributed by atoms with Crippen molar-refractivity contribution in [3.05, 3.63) is 29.8 Å². The number of piperidine rings is 1. The highest BCUT2D eigenvalue weighted by molar-refractivity contribution is 5.78. The Morgan fingerprint density at radius 1 is 1.33 bits per heavy atom. The van der Waals surface area contributed by atoms with Gasteiger partial charge in [-0.2, -0.15) is 0 Å². The lowest BCUT2D eigenvalue weighted by molar-refractivity contribution is -0.138. The van der Waals surface area contributed by atoms with Crippen molar-refractivity contribution in [3.8, 4) is 5.75 Å². The molecule has 1 aliphatic heterocycles. The average Bonchev–Trinajstić information content (AvgIpc) is 2.50. The van der Waals surface area contributed by atoms with E-state index >= 15 is 0 Å². The topological polar surface area (TPSA) is 102 Å². The van der Waals surface area contributed by atoms with Gasteiger partial charge in [0.2, 0.25) is 0 Å². The first-order valence-electron chi connectivity index (χ1n) is 7.08. The summed E-state index contributed by atoms with van der Waals surface area (Å²) in [5.74, 6) is -0.849. The van der Waals surface area contributed by atoms with Gasteiger partial charge in [-0.3, -0.25) is 4.79 Å². The maximum atomic E-state index is 11.9. The largest absolute Gasteiger partial charge is 0.480 e. The number of nitrogens with one attached hydrogen (secondary N) is 1. The second kappa shape index (κ2) is 7.19. The van der Waals surface area contributed by atoms with Crippen LogP contribution in [0, 0.1) is 0 Å². The summed E-state index contributed by atoms with van der Waals surface area (Å²) in [7, 11) is 0. The average molecular weight is 292 g/mol. The molecule has 1 aromatic carbocycles. The van der Waals surface area contributed by atoms with E-state index in [4.69, 9.17) is 15.6 Å². The molecule has 0 spiro atoms. The molecule has 6 heteroatoms. The van der Waals surface area contributed by atoms with E-state index in [1.807, 2.05) is 0 Å². The van der Waals surface area contributed by atoms with Crippen LogP contribution in [0.15, 0.2) is 24.3 Å². The van der Waals surface area contributed by atoms with Crippen LogP contribution < -0.4 is 15.8 Å². The normalized spacial score (nSPS) is 19.8. The van der Waals surface area contributed by atoms with Gasteiger partial charge < -0.3 is 20.9 Å². The van der Waals surface area contributed by atoms with Crippen molar-refractivity contribution in [2.24, 2.45) is 5.73 Å². The van der Waals surface area contributed by atoms with Crippen molar-refractivity contribution in [1.82, 2.24) is 5.32 Å². The maximum absolute atomic E-state index is 11.9. The first kappa shape index (κ1) is 15.5. The molecule has 0 bridgehead atoms. The summed E-state index contributed by atoms with van der Waals surface area (Å²) in [6.07, 6.45) is 3.15. The summed E-state index contributed by atoms with van der Waals surface area (Å²) < 4.78 is 5.31. The van der Waals surface area contributed by atoms with Gasteiger partial charge in [-0.1, -0.05) is 18.6 Å². The molecular formula is C15H20N2O4. The predicted octanol–water partition coefficient (Wildman–Crippen LogP) is 0.688. The van der Waals surface area contributed by atoms with Crippen LogP contribution >= 0.6 is 0 Å². The second-order valence-electron chi connectivity index (χ2n) is 5.22. The van der Waals surface area contributed by atoms with Gasteiger partial charge in [0.25, 0.3) is 0 Å². The van der Waals surface area contributed by atoms with Crippen molar-refractivity contribution >= 4 is 11.9 Å². The molecule has 2 rings (SSSR count). The van der Waals surface area contributed by atoms with E-state index in [1.165, 1.54) is 0 Å². The Morgan fingerprint density at radius 3 is 2.62 bits per heavy atom. The number of benzene rings is 1. The van der Waals surface area contributed by atoms with Gasteiger partial charge in [-0.15, -0.1) is 0 Å². The number of hydrogen-bond donors (Lipinski definition) is 3. The molecule has 4 N–H and O–H groups in total. The Kier molecular flexibility index (Phi) is 5.30. The zero-order valence-corrected chi connectivity index (χ0v) is 11.7. The molecule has 1 unspecified atom stereocenters. The lowest BCUT2D eigenvalue weighted by Gasteiger charge is -2.21. The molecule has 0 aliphatic carbocycles. The van der Waals surface area contributed by atoms with E-state index in [0.717, 1.165) is 31.4 Å². The minimum absolute atomic E-state index is 0.237. The number of ether oxygens (including phenoxy) is 1. The Bertz CT molecular complexity index is 495. The van der Waals surface area contributed by atoms with E-state index in [1.54, 1.807) is 24.3 Å². The van der Waals surface area contributed by atoms with Crippen LogP contribution in [0.1, 0.15) is 24.8 Å². The van der Waals surface area contributed by atoms with Crippen LogP contribution in [0.4, 0.5) is 0 Å². The minimum atomic E-state index is -1.03. The third-order valence-electron chi connectivity index (χ3n) is 3.51. The maximum Gasteiger partial charge on any atom is 0.328 e. The number of esters is 1. The van der Waals surface area contributed by atoms with Gasteiger partial charge in [0.15, 0.2) is 0 Å². The third kappa shape index (κ3) is 4.54. The fourth-order valence-electron chi connectivity index (χ4n) is 2.28. The monoisotopic (exact) mass is 292 g/mol. The third-order valence-corrected chi connectivity index (χ3v) is 3.51. The number of carboxylic acid groups (broad SMARTS) is 1. The Morgan fingerprint density at radius 2 is 2.05 bits per heavy atom. The molecule has 0 aromatic heterocycles. The van der Waals surface area contributed by atoms with E-state index in [-0.39, 0.29) is 18.4 Å². The van der Waals surface area contributed by atoms with Crippen molar-refractivity contribution in [3.63, 3.8) is 0 Å². The number of aliphatic carboxylic acids is 1. The number of nitrogens with two attached hydrogens (primary N) is 1. The van der Waals surface area contributed by atoms with Gasteiger partial charge in [0.1, 0.15) is 17.8 Å². The Hall–Kier alpha value is -1.92. The number of carboxylic acids is 1. The van der Waals surface area contributed by atoms with Crippen molar-refractivity contribution in [2.45, 2.75) is 37.8 Å². The summed E-state index contributed by atoms with van der Waals surface area (Å²) in [6, 6.07) is 5.60. The first-order chi connectivity index (χ1) is 10.1. The molecule has 1 heterocycles. The number of rotatable bonds is 5. The first-order valence-corrected chi connectivity index (χ1v) is 7.08. The van der Waals surface area contributed by atoms with Crippen molar-refractivity contribution < 1.29 is 19.4 Å². The highest BCUT2D eigenvalue weighted by atomic mass is 16.5. The van der Waals surface area contributed by atoms with Gasteiger partial charge in [-0.25, -0.2) is 4.79 Å². The van der Waals surface area contributed by atoms with E-state index in [0.29, 0.717) is 5.75 Å². The summed E-state index contributed by atoms with van der Waals surface area (Å²) in [4.78, 5) is 22.6. The molecule has 6 nitrogen and oxygen atoms in total. The highest BCUT2D eigenvalue weighted by Gasteiger charge is 2.22. The minimum Gasteiger partial charge on any atom is -0.480 e. The Labute approximate surface area is 123 Å². The van der Waals surface area contributed by atoms with E-state index in [9.17, 15) is 9.59 Å². The van der Waals surface area contributed by atoms with Crippen LogP contribution in [-0.4, -0.2) is 35.7 Å². The van der Waals surface area contributed by atoms with Gasteiger partial charge in [0.05, 0.1) is 0 Å². The van der Waals surface area contributed by atoms with Crippen LogP contribution in [0.3, 0.4) is 0 Å². The molecule has 1 aliphatic rings. The molecule has 1 fully saturated rings. The van der Waals surface area contributed by atoms with Gasteiger partial charge in [-0.05, 0) is 43.5 Å². The molecule has 1 saturated heterocycles. The zero-order valence-electron chi connectivity index (χ0n) is 11.7. The molecule has 1 aromatic rings. The SMILES string of the molecule is N[C@@H](Cc1ccc(OC(=O)C2CCCCN2)cc1)C(=O)O. The molecule has 2 atom stereocenters. The van der Waals surface area contributed by atoms with Crippen molar-refractivity contribution in [1.29, 1.82) is 0 Å². The lowest BCUT2D eigenvalue weighted by Crippen LogP contribution is -2.42. The number of hydrogen-bond acceptors (Lipinski definition) is 5. The van der Waals surface area contributed by atoms with Crippen LogP contribution in [0.2, 0.25) is 0 Å². The summed E-state index contributed by atoms with van der Waals surface area (Å²) >= 11 is 0. The molecular weight excluding hydrogens is 272 g/mol. The van der Waals surface area contributed by atoms with Gasteiger partial charge in [0, 0.05) is 0 Å². The molecule has 0 amide bonds. The smallest absolute Gasteiger partial charge is 0.328 e. The second-order valence-corrected chi connectivity index (χ2v) is 5.22. The van der Waals surface area contributed by atoms with Crippen LogP contribution in [-0.2, 0) is 16.0 Å². The predicted molar refractivity (Wildman–Crippen MR) is 77.0 cm³/mol. The zero-order chi connectivity index (χ0) is 15.2. The number of carbonyl (C=O) groups is 2. The fourth-order valence-corrected chi connectivity index (χ4v) is 2.28. The number of carbonyl (C=O) groups excluding carboxylic acids is 1. The van der Waals surface area contributed by atoms with Gasteiger partial charge >= 0.3 is 11.9 Å².